The summed E-state index contributed by atoms with van der Waals surface area (Å²) in [6.07, 6.45) is 4.73. The van der Waals surface area contributed by atoms with Crippen molar-refractivity contribution in [2.75, 3.05) is 6.54 Å². The molecule has 1 aromatic carbocycles. The lowest BCUT2D eigenvalue weighted by molar-refractivity contribution is 0.702. The first-order valence-electron chi connectivity index (χ1n) is 5.84. The first-order chi connectivity index (χ1) is 8.42. The molecule has 2 aromatic rings. The molecule has 0 radical (unpaired) electrons. The molecule has 0 atom stereocenters. The van der Waals surface area contributed by atoms with E-state index in [4.69, 9.17) is 0 Å². The Morgan fingerprint density at radius 2 is 2.12 bits per heavy atom. The van der Waals surface area contributed by atoms with Crippen LogP contribution in [0.2, 0.25) is 0 Å². The number of rotatable bonds is 4. The van der Waals surface area contributed by atoms with Gasteiger partial charge >= 0.3 is 0 Å². The predicted molar refractivity (Wildman–Crippen MR) is 71.5 cm³/mol. The predicted octanol–water partition coefficient (Wildman–Crippen LogP) is 2.74. The quantitative estimate of drug-likeness (QED) is 0.638. The molecular formula is C15H16N2. The number of nitrogens with zero attached hydrogens (tertiary/aromatic N) is 1. The van der Waals surface area contributed by atoms with E-state index in [1.807, 2.05) is 25.4 Å². The van der Waals surface area contributed by atoms with Gasteiger partial charge in [-0.05, 0) is 17.9 Å². The molecule has 0 saturated heterocycles. The highest BCUT2D eigenvalue weighted by Crippen LogP contribution is 2.16. The second-order valence-corrected chi connectivity index (χ2v) is 3.87. The molecule has 0 saturated carbocycles. The molecular weight excluding hydrogens is 208 g/mol. The SMILES string of the molecule is CC#CCCNCc1cncc2ccccc12. The third-order valence-corrected chi connectivity index (χ3v) is 2.67. The number of pyridine rings is 1. The average Bonchev–Trinajstić information content (AvgIpc) is 2.39. The first kappa shape index (κ1) is 11.6. The summed E-state index contributed by atoms with van der Waals surface area (Å²) in [4.78, 5) is 4.26. The third kappa shape index (κ3) is 3.05. The van der Waals surface area contributed by atoms with Crippen molar-refractivity contribution in [2.24, 2.45) is 0 Å². The summed E-state index contributed by atoms with van der Waals surface area (Å²) in [5, 5.41) is 5.86. The molecule has 0 aliphatic rings. The maximum absolute atomic E-state index is 4.26. The molecule has 1 N–H and O–H groups in total. The molecule has 0 amide bonds. The summed E-state index contributed by atoms with van der Waals surface area (Å²) in [6, 6.07) is 8.33. The molecule has 0 aliphatic heterocycles. The highest BCUT2D eigenvalue weighted by Gasteiger charge is 1.99. The Bertz CT molecular complexity index is 544. The van der Waals surface area contributed by atoms with E-state index in [0.29, 0.717) is 0 Å². The number of fused-ring (bicyclic) bond motifs is 1. The molecule has 0 fully saturated rings. The van der Waals surface area contributed by atoms with Gasteiger partial charge in [0.15, 0.2) is 0 Å². The van der Waals surface area contributed by atoms with Crippen molar-refractivity contribution in [1.29, 1.82) is 0 Å². The van der Waals surface area contributed by atoms with Gasteiger partial charge in [0.05, 0.1) is 0 Å². The van der Waals surface area contributed by atoms with E-state index in [1.165, 1.54) is 16.3 Å². The van der Waals surface area contributed by atoms with E-state index in [9.17, 15) is 0 Å². The maximum atomic E-state index is 4.26. The molecule has 1 aromatic heterocycles. The van der Waals surface area contributed by atoms with Crippen LogP contribution in [0.25, 0.3) is 10.8 Å². The monoisotopic (exact) mass is 224 g/mol. The van der Waals surface area contributed by atoms with Gasteiger partial charge in [0.1, 0.15) is 0 Å². The lowest BCUT2D eigenvalue weighted by Crippen LogP contribution is -2.14. The van der Waals surface area contributed by atoms with Gasteiger partial charge in [-0.25, -0.2) is 0 Å². The largest absolute Gasteiger partial charge is 0.312 e. The van der Waals surface area contributed by atoms with Crippen LogP contribution in [0.15, 0.2) is 36.7 Å². The summed E-state index contributed by atoms with van der Waals surface area (Å²) in [6.45, 7) is 3.64. The molecule has 2 rings (SSSR count). The van der Waals surface area contributed by atoms with E-state index in [2.05, 4.69) is 40.3 Å². The van der Waals surface area contributed by atoms with Crippen molar-refractivity contribution >= 4 is 10.8 Å². The van der Waals surface area contributed by atoms with Crippen LogP contribution >= 0.6 is 0 Å². The van der Waals surface area contributed by atoms with Crippen molar-refractivity contribution < 1.29 is 0 Å². The average molecular weight is 224 g/mol. The van der Waals surface area contributed by atoms with Crippen LogP contribution in [0.5, 0.6) is 0 Å². The number of aromatic nitrogens is 1. The Kier molecular flexibility index (Phi) is 4.12. The van der Waals surface area contributed by atoms with E-state index >= 15 is 0 Å². The number of hydrogen-bond donors (Lipinski definition) is 1. The zero-order chi connectivity index (χ0) is 11.9. The van der Waals surface area contributed by atoms with Gasteiger partial charge < -0.3 is 5.32 Å². The van der Waals surface area contributed by atoms with Crippen LogP contribution < -0.4 is 5.32 Å². The van der Waals surface area contributed by atoms with E-state index in [1.54, 1.807) is 0 Å². The summed E-state index contributed by atoms with van der Waals surface area (Å²) in [7, 11) is 0. The van der Waals surface area contributed by atoms with Crippen LogP contribution in [0, 0.1) is 11.8 Å². The summed E-state index contributed by atoms with van der Waals surface area (Å²) >= 11 is 0. The Balaban J connectivity index is 2.05. The first-order valence-corrected chi connectivity index (χ1v) is 5.84. The lowest BCUT2D eigenvalue weighted by atomic mass is 10.1. The highest BCUT2D eigenvalue weighted by molar-refractivity contribution is 5.84. The van der Waals surface area contributed by atoms with Crippen LogP contribution in [-0.4, -0.2) is 11.5 Å². The fraction of sp³-hybridized carbons (Fsp3) is 0.267. The van der Waals surface area contributed by atoms with Crippen LogP contribution in [0.4, 0.5) is 0 Å². The number of hydrogen-bond acceptors (Lipinski definition) is 2. The van der Waals surface area contributed by atoms with E-state index in [-0.39, 0.29) is 0 Å². The van der Waals surface area contributed by atoms with Crippen LogP contribution in [-0.2, 0) is 6.54 Å². The van der Waals surface area contributed by atoms with Crippen molar-refractivity contribution in [3.63, 3.8) is 0 Å². The van der Waals surface area contributed by atoms with Gasteiger partial charge in [0.2, 0.25) is 0 Å². The van der Waals surface area contributed by atoms with Gasteiger partial charge in [-0.15, -0.1) is 11.8 Å². The molecule has 1 heterocycles. The standard InChI is InChI=1S/C15H16N2/c1-2-3-6-9-16-11-14-12-17-10-13-7-4-5-8-15(13)14/h4-5,7-8,10,12,16H,6,9,11H2,1H3. The molecule has 2 nitrogen and oxygen atoms in total. The Hall–Kier alpha value is -1.85. The topological polar surface area (TPSA) is 24.9 Å². The smallest absolute Gasteiger partial charge is 0.0346 e. The molecule has 0 aliphatic carbocycles. The van der Waals surface area contributed by atoms with Crippen molar-refractivity contribution in [2.45, 2.75) is 19.9 Å². The fourth-order valence-corrected chi connectivity index (χ4v) is 1.82. The van der Waals surface area contributed by atoms with Crippen LogP contribution in [0.3, 0.4) is 0 Å². The third-order valence-electron chi connectivity index (χ3n) is 2.67. The van der Waals surface area contributed by atoms with Crippen molar-refractivity contribution in [3.05, 3.63) is 42.2 Å². The Labute approximate surface area is 102 Å². The fourth-order valence-electron chi connectivity index (χ4n) is 1.82. The normalized spacial score (nSPS) is 9.94. The zero-order valence-corrected chi connectivity index (χ0v) is 10.0. The molecule has 86 valence electrons. The minimum absolute atomic E-state index is 0.847. The van der Waals surface area contributed by atoms with Crippen molar-refractivity contribution in [3.8, 4) is 11.8 Å². The Morgan fingerprint density at radius 1 is 1.24 bits per heavy atom. The summed E-state index contributed by atoms with van der Waals surface area (Å²) in [5.41, 5.74) is 1.24. The second-order valence-electron chi connectivity index (χ2n) is 3.87. The van der Waals surface area contributed by atoms with Gasteiger partial charge in [-0.1, -0.05) is 24.3 Å². The lowest BCUT2D eigenvalue weighted by Gasteiger charge is -2.06. The Morgan fingerprint density at radius 3 is 3.00 bits per heavy atom. The van der Waals surface area contributed by atoms with E-state index in [0.717, 1.165) is 19.5 Å². The summed E-state index contributed by atoms with van der Waals surface area (Å²) in [5.74, 6) is 5.94. The van der Waals surface area contributed by atoms with Gasteiger partial charge in [0, 0.05) is 37.3 Å². The molecule has 0 bridgehead atoms. The number of benzene rings is 1. The summed E-state index contributed by atoms with van der Waals surface area (Å²) < 4.78 is 0. The number of nitrogens with one attached hydrogen (secondary N) is 1. The highest BCUT2D eigenvalue weighted by atomic mass is 14.8. The second kappa shape index (κ2) is 6.03. The molecule has 0 spiro atoms. The molecule has 17 heavy (non-hydrogen) atoms. The molecule has 2 heteroatoms. The van der Waals surface area contributed by atoms with Crippen LogP contribution in [0.1, 0.15) is 18.9 Å². The van der Waals surface area contributed by atoms with Gasteiger partial charge in [0.25, 0.3) is 0 Å². The maximum Gasteiger partial charge on any atom is 0.0346 e. The minimum Gasteiger partial charge on any atom is -0.312 e. The van der Waals surface area contributed by atoms with Gasteiger partial charge in [-0.2, -0.15) is 0 Å². The molecule has 0 unspecified atom stereocenters. The van der Waals surface area contributed by atoms with Crippen molar-refractivity contribution in [1.82, 2.24) is 10.3 Å². The van der Waals surface area contributed by atoms with E-state index < -0.39 is 0 Å². The van der Waals surface area contributed by atoms with Gasteiger partial charge in [-0.3, -0.25) is 4.98 Å². The minimum atomic E-state index is 0.847. The zero-order valence-electron chi connectivity index (χ0n) is 10.0.